The predicted octanol–water partition coefficient (Wildman–Crippen LogP) is 2.71. The zero-order valence-corrected chi connectivity index (χ0v) is 14.8. The van der Waals surface area contributed by atoms with Gasteiger partial charge in [0.15, 0.2) is 0 Å². The van der Waals surface area contributed by atoms with E-state index in [2.05, 4.69) is 10.3 Å². The van der Waals surface area contributed by atoms with Gasteiger partial charge in [-0.15, -0.1) is 0 Å². The van der Waals surface area contributed by atoms with Gasteiger partial charge in [0, 0.05) is 28.9 Å². The molecule has 0 saturated carbocycles. The van der Waals surface area contributed by atoms with Gasteiger partial charge in [-0.25, -0.2) is 0 Å². The minimum absolute atomic E-state index is 0.00446. The van der Waals surface area contributed by atoms with Crippen molar-refractivity contribution in [3.8, 4) is 0 Å². The van der Waals surface area contributed by atoms with Crippen molar-refractivity contribution in [3.05, 3.63) is 57.9 Å². The number of carbonyl (C=O) groups excluding carboxylic acids is 2. The molecule has 6 heteroatoms. The van der Waals surface area contributed by atoms with Crippen LogP contribution in [0.4, 0.5) is 0 Å². The first-order valence-corrected chi connectivity index (χ1v) is 8.08. The summed E-state index contributed by atoms with van der Waals surface area (Å²) in [5.41, 5.74) is 7.66. The summed E-state index contributed by atoms with van der Waals surface area (Å²) in [5, 5.41) is 3.61. The Hall–Kier alpha value is -2.27. The number of hydrogen-bond acceptors (Lipinski definition) is 2. The van der Waals surface area contributed by atoms with Crippen molar-refractivity contribution in [2.75, 3.05) is 6.54 Å². The van der Waals surface area contributed by atoms with Crippen molar-refractivity contribution in [1.29, 1.82) is 0 Å². The van der Waals surface area contributed by atoms with Crippen LogP contribution in [0.25, 0.3) is 0 Å². The fourth-order valence-corrected chi connectivity index (χ4v) is 3.09. The number of H-pyrrole nitrogens is 1. The van der Waals surface area contributed by atoms with E-state index in [-0.39, 0.29) is 17.7 Å². The van der Waals surface area contributed by atoms with Crippen LogP contribution < -0.4 is 11.1 Å². The van der Waals surface area contributed by atoms with E-state index < -0.39 is 5.91 Å². The summed E-state index contributed by atoms with van der Waals surface area (Å²) in [5.74, 6) is -0.715. The first kappa shape index (κ1) is 18.1. The van der Waals surface area contributed by atoms with Gasteiger partial charge in [0.2, 0.25) is 5.91 Å². The van der Waals surface area contributed by atoms with Crippen LogP contribution in [-0.2, 0) is 16.6 Å². The second kappa shape index (κ2) is 7.09. The van der Waals surface area contributed by atoms with Crippen molar-refractivity contribution in [1.82, 2.24) is 10.3 Å². The van der Waals surface area contributed by atoms with Crippen molar-refractivity contribution in [2.24, 2.45) is 5.73 Å². The molecule has 2 amide bonds. The average Bonchev–Trinajstić information content (AvgIpc) is 2.85. The van der Waals surface area contributed by atoms with Gasteiger partial charge < -0.3 is 16.0 Å². The molecular weight excluding hydrogens is 326 g/mol. The van der Waals surface area contributed by atoms with Gasteiger partial charge in [0.05, 0.1) is 12.0 Å². The predicted molar refractivity (Wildman–Crippen MR) is 95.2 cm³/mol. The molecular formula is C18H22ClN3O2. The zero-order chi connectivity index (χ0) is 17.9. The molecule has 4 N–H and O–H groups in total. The summed E-state index contributed by atoms with van der Waals surface area (Å²) < 4.78 is 0. The normalized spacial score (nSPS) is 11.3. The Kier molecular flexibility index (Phi) is 5.34. The molecule has 0 fully saturated rings. The molecule has 128 valence electrons. The fraction of sp³-hybridized carbons (Fsp3) is 0.333. The fourth-order valence-electron chi connectivity index (χ4n) is 2.70. The lowest BCUT2D eigenvalue weighted by atomic mass is 9.84. The van der Waals surface area contributed by atoms with Crippen LogP contribution in [0, 0.1) is 6.92 Å². The molecule has 2 rings (SSSR count). The topological polar surface area (TPSA) is 88.0 Å². The molecule has 0 aliphatic rings. The molecule has 5 nitrogen and oxygen atoms in total. The molecule has 1 aromatic heterocycles. The van der Waals surface area contributed by atoms with Crippen LogP contribution in [0.1, 0.15) is 41.0 Å². The number of primary amides is 1. The van der Waals surface area contributed by atoms with Crippen molar-refractivity contribution < 1.29 is 9.59 Å². The van der Waals surface area contributed by atoms with E-state index in [0.717, 1.165) is 11.1 Å². The van der Waals surface area contributed by atoms with Gasteiger partial charge in [-0.2, -0.15) is 0 Å². The molecule has 0 radical (unpaired) electrons. The Morgan fingerprint density at radius 3 is 2.58 bits per heavy atom. The van der Waals surface area contributed by atoms with Crippen molar-refractivity contribution >= 4 is 23.4 Å². The average molecular weight is 348 g/mol. The second-order valence-corrected chi connectivity index (χ2v) is 6.92. The zero-order valence-electron chi connectivity index (χ0n) is 14.1. The SMILES string of the molecule is Cc1c[nH]c(CC(N)=O)c1C(=O)NCC(C)(C)c1ccccc1Cl. The van der Waals surface area contributed by atoms with E-state index in [0.29, 0.717) is 22.8 Å². The lowest BCUT2D eigenvalue weighted by Crippen LogP contribution is -2.37. The first-order chi connectivity index (χ1) is 11.2. The van der Waals surface area contributed by atoms with E-state index in [1.54, 1.807) is 6.20 Å². The van der Waals surface area contributed by atoms with Gasteiger partial charge in [-0.3, -0.25) is 9.59 Å². The highest BCUT2D eigenvalue weighted by Gasteiger charge is 2.25. The summed E-state index contributed by atoms with van der Waals surface area (Å²) in [7, 11) is 0. The highest BCUT2D eigenvalue weighted by atomic mass is 35.5. The van der Waals surface area contributed by atoms with E-state index in [4.69, 9.17) is 17.3 Å². The summed E-state index contributed by atoms with van der Waals surface area (Å²) >= 11 is 6.26. The van der Waals surface area contributed by atoms with Crippen LogP contribution in [0.2, 0.25) is 5.02 Å². The van der Waals surface area contributed by atoms with Crippen LogP contribution in [0.3, 0.4) is 0 Å². The Balaban J connectivity index is 2.15. The molecule has 0 atom stereocenters. The van der Waals surface area contributed by atoms with Crippen molar-refractivity contribution in [2.45, 2.75) is 32.6 Å². The number of halogens is 1. The summed E-state index contributed by atoms with van der Waals surface area (Å²) in [6.45, 7) is 6.26. The molecule has 0 saturated heterocycles. The minimum Gasteiger partial charge on any atom is -0.369 e. The van der Waals surface area contributed by atoms with Crippen LogP contribution in [0.5, 0.6) is 0 Å². The molecule has 1 heterocycles. The van der Waals surface area contributed by atoms with E-state index in [1.807, 2.05) is 45.0 Å². The monoisotopic (exact) mass is 347 g/mol. The molecule has 24 heavy (non-hydrogen) atoms. The number of amides is 2. The molecule has 2 aromatic rings. The largest absolute Gasteiger partial charge is 0.369 e. The maximum atomic E-state index is 12.6. The van der Waals surface area contributed by atoms with Gasteiger partial charge in [0.1, 0.15) is 0 Å². The molecule has 0 aliphatic carbocycles. The third-order valence-corrected chi connectivity index (χ3v) is 4.36. The van der Waals surface area contributed by atoms with Gasteiger partial charge in [-0.1, -0.05) is 43.6 Å². The number of carbonyl (C=O) groups is 2. The first-order valence-electron chi connectivity index (χ1n) is 7.70. The van der Waals surface area contributed by atoms with Gasteiger partial charge in [0.25, 0.3) is 5.91 Å². The summed E-state index contributed by atoms with van der Waals surface area (Å²) in [6, 6.07) is 7.59. The smallest absolute Gasteiger partial charge is 0.253 e. The maximum absolute atomic E-state index is 12.6. The van der Waals surface area contributed by atoms with E-state index >= 15 is 0 Å². The molecule has 1 aromatic carbocycles. The lowest BCUT2D eigenvalue weighted by Gasteiger charge is -2.26. The third-order valence-electron chi connectivity index (χ3n) is 4.03. The summed E-state index contributed by atoms with van der Waals surface area (Å²) in [6.07, 6.45) is 1.71. The third kappa shape index (κ3) is 3.97. The second-order valence-electron chi connectivity index (χ2n) is 6.51. The molecule has 0 spiro atoms. The standard InChI is InChI=1S/C18H22ClN3O2/c1-11-9-21-14(8-15(20)23)16(11)17(24)22-10-18(2,3)12-6-4-5-7-13(12)19/h4-7,9,21H,8,10H2,1-3H3,(H2,20,23)(H,22,24). The molecule has 0 unspecified atom stereocenters. The highest BCUT2D eigenvalue weighted by Crippen LogP contribution is 2.29. The maximum Gasteiger partial charge on any atom is 0.253 e. The number of nitrogens with one attached hydrogen (secondary N) is 2. The quantitative estimate of drug-likeness (QED) is 0.750. The number of nitrogens with two attached hydrogens (primary N) is 1. The number of benzene rings is 1. The van der Waals surface area contributed by atoms with Gasteiger partial charge in [-0.05, 0) is 24.1 Å². The number of hydrogen-bond donors (Lipinski definition) is 3. The Bertz CT molecular complexity index is 765. The van der Waals surface area contributed by atoms with Crippen LogP contribution >= 0.6 is 11.6 Å². The molecule has 0 bridgehead atoms. The number of aromatic amines is 1. The number of rotatable bonds is 6. The summed E-state index contributed by atoms with van der Waals surface area (Å²) in [4.78, 5) is 26.7. The van der Waals surface area contributed by atoms with Crippen LogP contribution in [-0.4, -0.2) is 23.3 Å². The minimum atomic E-state index is -0.484. The Morgan fingerprint density at radius 2 is 1.96 bits per heavy atom. The lowest BCUT2D eigenvalue weighted by molar-refractivity contribution is -0.117. The van der Waals surface area contributed by atoms with Gasteiger partial charge >= 0.3 is 0 Å². The van der Waals surface area contributed by atoms with Crippen molar-refractivity contribution in [3.63, 3.8) is 0 Å². The number of aromatic nitrogens is 1. The number of aryl methyl sites for hydroxylation is 1. The molecule has 0 aliphatic heterocycles. The van der Waals surface area contributed by atoms with E-state index in [9.17, 15) is 9.59 Å². The Morgan fingerprint density at radius 1 is 1.29 bits per heavy atom. The highest BCUT2D eigenvalue weighted by molar-refractivity contribution is 6.31. The van der Waals surface area contributed by atoms with Crippen LogP contribution in [0.15, 0.2) is 30.5 Å². The van der Waals surface area contributed by atoms with E-state index in [1.165, 1.54) is 0 Å². The Labute approximate surface area is 146 Å².